The number of aromatic nitrogens is 3. The summed E-state index contributed by atoms with van der Waals surface area (Å²) in [6.07, 6.45) is 6.82. The van der Waals surface area contributed by atoms with Crippen molar-refractivity contribution >= 4 is 11.5 Å². The minimum absolute atomic E-state index is 0.0497. The normalized spacial score (nSPS) is 17.1. The number of carbonyl (C=O) groups excluding carboxylic acids is 1. The molecule has 1 amide bonds. The van der Waals surface area contributed by atoms with Crippen LogP contribution >= 0.6 is 0 Å². The molecular weight excluding hydrogens is 388 g/mol. The van der Waals surface area contributed by atoms with E-state index < -0.39 is 0 Å². The molecule has 0 bridgehead atoms. The van der Waals surface area contributed by atoms with Crippen LogP contribution in [0.3, 0.4) is 0 Å². The van der Waals surface area contributed by atoms with Crippen LogP contribution in [0.4, 0.5) is 0 Å². The van der Waals surface area contributed by atoms with Gasteiger partial charge in [-0.1, -0.05) is 51.1 Å². The number of carbonyl (C=O) groups is 1. The zero-order chi connectivity index (χ0) is 22.2. The van der Waals surface area contributed by atoms with Crippen molar-refractivity contribution in [2.45, 2.75) is 45.1 Å². The van der Waals surface area contributed by atoms with E-state index in [1.807, 2.05) is 31.5 Å². The van der Waals surface area contributed by atoms with E-state index in [2.05, 4.69) is 60.4 Å². The van der Waals surface area contributed by atoms with Crippen molar-refractivity contribution in [3.63, 3.8) is 0 Å². The summed E-state index contributed by atoms with van der Waals surface area (Å²) in [7, 11) is 1.82. The van der Waals surface area contributed by atoms with Gasteiger partial charge >= 0.3 is 0 Å². The van der Waals surface area contributed by atoms with Gasteiger partial charge in [0.05, 0.1) is 11.8 Å². The zero-order valence-electron chi connectivity index (χ0n) is 18.4. The quantitative estimate of drug-likeness (QED) is 0.679. The number of amides is 1. The average molecular weight is 417 g/mol. The summed E-state index contributed by atoms with van der Waals surface area (Å²) < 4.78 is 1.67. The number of nitrogens with zero attached hydrogens (tertiary/aromatic N) is 2. The predicted octanol–water partition coefficient (Wildman–Crippen LogP) is 3.78. The molecule has 160 valence electrons. The Kier molecular flexibility index (Phi) is 5.39. The fourth-order valence-corrected chi connectivity index (χ4v) is 3.87. The topological polar surface area (TPSA) is 79.8 Å². The Bertz CT molecular complexity index is 1190. The molecule has 1 aliphatic rings. The van der Waals surface area contributed by atoms with Gasteiger partial charge < -0.3 is 10.3 Å². The summed E-state index contributed by atoms with van der Waals surface area (Å²) in [4.78, 5) is 27.6. The fraction of sp³-hybridized carbons (Fsp3) is 0.320. The Balaban J connectivity index is 1.76. The average Bonchev–Trinajstić information content (AvgIpc) is 3.33. The van der Waals surface area contributed by atoms with Gasteiger partial charge in [-0.2, -0.15) is 5.10 Å². The number of nitrogens with one attached hydrogen (secondary N) is 2. The Labute approximate surface area is 182 Å². The molecule has 1 saturated heterocycles. The van der Waals surface area contributed by atoms with Gasteiger partial charge in [0.25, 0.3) is 5.56 Å². The van der Waals surface area contributed by atoms with Crippen LogP contribution < -0.4 is 10.9 Å². The minimum atomic E-state index is -0.168. The summed E-state index contributed by atoms with van der Waals surface area (Å²) in [5, 5.41) is 7.15. The molecule has 1 aromatic carbocycles. The minimum Gasteiger partial charge on any atom is -0.350 e. The molecule has 0 saturated carbocycles. The van der Waals surface area contributed by atoms with Crippen molar-refractivity contribution in [2.24, 2.45) is 7.05 Å². The number of rotatable bonds is 4. The molecule has 0 spiro atoms. The Morgan fingerprint density at radius 3 is 2.42 bits per heavy atom. The van der Waals surface area contributed by atoms with Crippen molar-refractivity contribution in [1.29, 1.82) is 0 Å². The highest BCUT2D eigenvalue weighted by atomic mass is 16.2. The van der Waals surface area contributed by atoms with Crippen molar-refractivity contribution in [3.8, 4) is 11.1 Å². The molecule has 6 heteroatoms. The van der Waals surface area contributed by atoms with E-state index in [9.17, 15) is 9.59 Å². The van der Waals surface area contributed by atoms with Crippen LogP contribution in [0.1, 0.15) is 50.4 Å². The van der Waals surface area contributed by atoms with Crippen LogP contribution in [0.15, 0.2) is 59.7 Å². The number of pyridine rings is 1. The molecule has 1 fully saturated rings. The summed E-state index contributed by atoms with van der Waals surface area (Å²) in [5.41, 5.74) is 5.11. The maximum atomic E-state index is 12.9. The number of hydrogen-bond donors (Lipinski definition) is 2. The highest BCUT2D eigenvalue weighted by molar-refractivity contribution is 5.82. The number of aryl methyl sites for hydroxylation is 1. The van der Waals surface area contributed by atoms with Crippen LogP contribution in [-0.2, 0) is 17.3 Å². The van der Waals surface area contributed by atoms with E-state index in [-0.39, 0.29) is 22.9 Å². The largest absolute Gasteiger partial charge is 0.350 e. The first-order chi connectivity index (χ1) is 14.7. The monoisotopic (exact) mass is 416 g/mol. The summed E-state index contributed by atoms with van der Waals surface area (Å²) >= 11 is 0. The van der Waals surface area contributed by atoms with Crippen LogP contribution in [0.5, 0.6) is 0 Å². The maximum absolute atomic E-state index is 12.9. The van der Waals surface area contributed by atoms with Gasteiger partial charge in [0.2, 0.25) is 5.91 Å². The predicted molar refractivity (Wildman–Crippen MR) is 123 cm³/mol. The Morgan fingerprint density at radius 1 is 1.13 bits per heavy atom. The first-order valence-corrected chi connectivity index (χ1v) is 10.6. The van der Waals surface area contributed by atoms with Crippen molar-refractivity contribution in [1.82, 2.24) is 20.1 Å². The van der Waals surface area contributed by atoms with Gasteiger partial charge in [-0.15, -0.1) is 0 Å². The number of H-pyrrole nitrogens is 1. The molecule has 3 heterocycles. The van der Waals surface area contributed by atoms with Crippen LogP contribution in [-0.4, -0.2) is 26.7 Å². The highest BCUT2D eigenvalue weighted by Gasteiger charge is 2.21. The van der Waals surface area contributed by atoms with Gasteiger partial charge in [0, 0.05) is 42.5 Å². The third kappa shape index (κ3) is 4.53. The van der Waals surface area contributed by atoms with E-state index in [1.54, 1.807) is 10.9 Å². The summed E-state index contributed by atoms with van der Waals surface area (Å²) in [6.45, 7) is 6.55. The lowest BCUT2D eigenvalue weighted by atomic mass is 9.86. The van der Waals surface area contributed by atoms with Crippen molar-refractivity contribution in [3.05, 3.63) is 82.0 Å². The van der Waals surface area contributed by atoms with Crippen LogP contribution in [0, 0.1) is 0 Å². The van der Waals surface area contributed by atoms with E-state index >= 15 is 0 Å². The summed E-state index contributed by atoms with van der Waals surface area (Å²) in [5.74, 6) is 0.0594. The SMILES string of the molecule is Cn1cc(-c2ccc(/C(=C/[C@H]3CCC(=O)N3)c3ccc(C(C)(C)C)cc3)[nH]c2=O)cn1. The maximum Gasteiger partial charge on any atom is 0.256 e. The molecule has 1 atom stereocenters. The molecule has 0 unspecified atom stereocenters. The van der Waals surface area contributed by atoms with Crippen molar-refractivity contribution in [2.75, 3.05) is 0 Å². The van der Waals surface area contributed by atoms with E-state index in [0.717, 1.165) is 28.8 Å². The molecular formula is C25H28N4O2. The van der Waals surface area contributed by atoms with E-state index in [0.29, 0.717) is 12.0 Å². The molecule has 1 aliphatic heterocycles. The first kappa shape index (κ1) is 20.8. The Hall–Kier alpha value is -3.41. The molecule has 0 radical (unpaired) electrons. The van der Waals surface area contributed by atoms with Gasteiger partial charge in [-0.25, -0.2) is 0 Å². The second-order valence-corrected chi connectivity index (χ2v) is 9.14. The van der Waals surface area contributed by atoms with Crippen LogP contribution in [0.25, 0.3) is 16.7 Å². The number of hydrogen-bond acceptors (Lipinski definition) is 3. The third-order valence-electron chi connectivity index (χ3n) is 5.67. The van der Waals surface area contributed by atoms with Gasteiger partial charge in [-0.3, -0.25) is 14.3 Å². The number of aromatic amines is 1. The lowest BCUT2D eigenvalue weighted by Crippen LogP contribution is -2.23. The number of benzene rings is 1. The lowest BCUT2D eigenvalue weighted by Gasteiger charge is -2.20. The lowest BCUT2D eigenvalue weighted by molar-refractivity contribution is -0.119. The molecule has 3 aromatic rings. The molecule has 2 N–H and O–H groups in total. The zero-order valence-corrected chi connectivity index (χ0v) is 18.4. The van der Waals surface area contributed by atoms with E-state index in [4.69, 9.17) is 0 Å². The second-order valence-electron chi connectivity index (χ2n) is 9.14. The standard InChI is InChI=1S/C25H28N4O2/c1-25(2,3)18-7-5-16(6-8-18)21(13-19-9-12-23(30)27-19)22-11-10-20(24(31)28-22)17-14-26-29(4)15-17/h5-8,10-11,13-15,19H,9,12H2,1-4H3,(H,27,30)(H,28,31)/b21-13+/t19-/m1/s1. The second kappa shape index (κ2) is 8.02. The fourth-order valence-electron chi connectivity index (χ4n) is 3.87. The Morgan fingerprint density at radius 2 is 1.87 bits per heavy atom. The smallest absolute Gasteiger partial charge is 0.256 e. The molecule has 31 heavy (non-hydrogen) atoms. The van der Waals surface area contributed by atoms with Gasteiger partial charge in [0.1, 0.15) is 0 Å². The molecule has 6 nitrogen and oxygen atoms in total. The van der Waals surface area contributed by atoms with Crippen LogP contribution in [0.2, 0.25) is 0 Å². The third-order valence-corrected chi connectivity index (χ3v) is 5.67. The highest BCUT2D eigenvalue weighted by Crippen LogP contribution is 2.28. The summed E-state index contributed by atoms with van der Waals surface area (Å²) in [6, 6.07) is 12.1. The van der Waals surface area contributed by atoms with Gasteiger partial charge in [0.15, 0.2) is 0 Å². The van der Waals surface area contributed by atoms with E-state index in [1.165, 1.54) is 5.56 Å². The van der Waals surface area contributed by atoms with Gasteiger partial charge in [-0.05, 0) is 35.1 Å². The molecule has 4 rings (SSSR count). The molecule has 0 aliphatic carbocycles. The molecule has 2 aromatic heterocycles. The first-order valence-electron chi connectivity index (χ1n) is 10.6. The van der Waals surface area contributed by atoms with Crippen molar-refractivity contribution < 1.29 is 4.79 Å².